The molecule has 0 aliphatic rings. The van der Waals surface area contributed by atoms with Crippen molar-refractivity contribution in [3.63, 3.8) is 0 Å². The molecule has 4 nitrogen and oxygen atoms in total. The first-order chi connectivity index (χ1) is 11.5. The molecule has 0 spiro atoms. The minimum absolute atomic E-state index is 0.0391. The van der Waals surface area contributed by atoms with Crippen LogP contribution < -0.4 is 10.2 Å². The fourth-order valence-corrected chi connectivity index (χ4v) is 3.77. The van der Waals surface area contributed by atoms with Gasteiger partial charge in [-0.3, -0.25) is 4.79 Å². The lowest BCUT2D eigenvalue weighted by atomic mass is 10.3. The van der Waals surface area contributed by atoms with Crippen molar-refractivity contribution in [2.24, 2.45) is 0 Å². The third-order valence-electron chi connectivity index (χ3n) is 3.97. The highest BCUT2D eigenvalue weighted by molar-refractivity contribution is 7.18. The van der Waals surface area contributed by atoms with E-state index in [0.29, 0.717) is 17.3 Å². The van der Waals surface area contributed by atoms with Gasteiger partial charge in [0, 0.05) is 10.7 Å². The Balaban J connectivity index is 1.65. The maximum atomic E-state index is 12.3. The molecule has 3 aromatic rings. The number of nitrogens with one attached hydrogen (secondary N) is 2. The first-order valence-corrected chi connectivity index (χ1v) is 8.95. The first kappa shape index (κ1) is 16.9. The van der Waals surface area contributed by atoms with Gasteiger partial charge in [-0.05, 0) is 37.3 Å². The largest absolute Gasteiger partial charge is 0.322 e. The number of carbonyl (C=O) groups excluding carboxylic acids is 1. The minimum Gasteiger partial charge on any atom is -0.322 e. The van der Waals surface area contributed by atoms with Gasteiger partial charge in [0.15, 0.2) is 11.6 Å². The molecule has 0 radical (unpaired) electrons. The van der Waals surface area contributed by atoms with Crippen LogP contribution in [-0.2, 0) is 4.79 Å². The Morgan fingerprint density at radius 3 is 2.83 bits per heavy atom. The van der Waals surface area contributed by atoms with Crippen LogP contribution in [0.3, 0.4) is 0 Å². The van der Waals surface area contributed by atoms with Crippen LogP contribution in [0.25, 0.3) is 10.2 Å². The van der Waals surface area contributed by atoms with Crippen LogP contribution in [0.4, 0.5) is 5.69 Å². The molecule has 2 aromatic carbocycles. The molecule has 124 valence electrons. The number of para-hydroxylation sites is 1. The van der Waals surface area contributed by atoms with Gasteiger partial charge >= 0.3 is 0 Å². The van der Waals surface area contributed by atoms with Gasteiger partial charge in [-0.15, -0.1) is 11.3 Å². The Morgan fingerprint density at radius 2 is 2.08 bits per heavy atom. The SMILES string of the molecule is C[C@H](c1nc2ccccc2s1)[NH+](C)CC(=O)Nc1cccc(Cl)c1. The van der Waals surface area contributed by atoms with E-state index < -0.39 is 0 Å². The van der Waals surface area contributed by atoms with Crippen molar-refractivity contribution in [3.8, 4) is 0 Å². The van der Waals surface area contributed by atoms with Crippen molar-refractivity contribution < 1.29 is 9.69 Å². The zero-order valence-corrected chi connectivity index (χ0v) is 15.1. The zero-order valence-electron chi connectivity index (χ0n) is 13.5. The average Bonchev–Trinajstić information content (AvgIpc) is 2.97. The number of amides is 1. The van der Waals surface area contributed by atoms with Gasteiger partial charge in [0.05, 0.1) is 17.3 Å². The number of carbonyl (C=O) groups is 1. The molecule has 0 saturated carbocycles. The van der Waals surface area contributed by atoms with Crippen LogP contribution in [0.15, 0.2) is 48.5 Å². The number of likely N-dealkylation sites (N-methyl/N-ethyl adjacent to an activating group) is 1. The van der Waals surface area contributed by atoms with Crippen LogP contribution in [0.5, 0.6) is 0 Å². The van der Waals surface area contributed by atoms with Crippen LogP contribution in [0.2, 0.25) is 5.02 Å². The zero-order chi connectivity index (χ0) is 17.1. The number of benzene rings is 2. The molecule has 0 aliphatic carbocycles. The third kappa shape index (κ3) is 3.93. The van der Waals surface area contributed by atoms with Crippen molar-refractivity contribution >= 4 is 44.7 Å². The monoisotopic (exact) mass is 360 g/mol. The van der Waals surface area contributed by atoms with Gasteiger partial charge in [0.2, 0.25) is 0 Å². The number of halogens is 1. The minimum atomic E-state index is -0.0391. The Kier molecular flexibility index (Phi) is 5.14. The van der Waals surface area contributed by atoms with Crippen molar-refractivity contribution in [2.45, 2.75) is 13.0 Å². The van der Waals surface area contributed by atoms with Gasteiger partial charge in [0.25, 0.3) is 5.91 Å². The molecule has 0 saturated heterocycles. The van der Waals surface area contributed by atoms with Gasteiger partial charge in [-0.25, -0.2) is 4.98 Å². The van der Waals surface area contributed by atoms with Crippen molar-refractivity contribution in [1.29, 1.82) is 0 Å². The summed E-state index contributed by atoms with van der Waals surface area (Å²) in [5.74, 6) is -0.0391. The molecule has 0 bridgehead atoms. The lowest BCUT2D eigenvalue weighted by molar-refractivity contribution is -0.902. The summed E-state index contributed by atoms with van der Waals surface area (Å²) >= 11 is 7.63. The van der Waals surface area contributed by atoms with E-state index in [4.69, 9.17) is 11.6 Å². The summed E-state index contributed by atoms with van der Waals surface area (Å²) in [6.45, 7) is 2.46. The molecule has 2 atom stereocenters. The van der Waals surface area contributed by atoms with Crippen molar-refractivity contribution in [1.82, 2.24) is 4.98 Å². The smallest absolute Gasteiger partial charge is 0.279 e. The fraction of sp³-hybridized carbons (Fsp3) is 0.222. The number of hydrogen-bond donors (Lipinski definition) is 2. The fourth-order valence-electron chi connectivity index (χ4n) is 2.46. The number of aromatic nitrogens is 1. The molecule has 3 rings (SSSR count). The standard InChI is InChI=1S/C18H18ClN3OS/c1-12(18-21-15-8-3-4-9-16(15)24-18)22(2)11-17(23)20-14-7-5-6-13(19)10-14/h3-10,12H,11H2,1-2H3,(H,20,23)/p+1/t12-/m1/s1. The Labute approximate surface area is 150 Å². The second kappa shape index (κ2) is 7.30. The number of rotatable bonds is 5. The molecule has 1 heterocycles. The highest BCUT2D eigenvalue weighted by Crippen LogP contribution is 2.24. The van der Waals surface area contributed by atoms with E-state index in [1.54, 1.807) is 23.5 Å². The molecule has 6 heteroatoms. The number of thiazole rings is 1. The maximum absolute atomic E-state index is 12.3. The Bertz CT molecular complexity index is 831. The number of quaternary nitrogens is 1. The number of hydrogen-bond acceptors (Lipinski definition) is 3. The van der Waals surface area contributed by atoms with E-state index in [9.17, 15) is 4.79 Å². The van der Waals surface area contributed by atoms with E-state index in [1.807, 2.05) is 37.4 Å². The number of fused-ring (bicyclic) bond motifs is 1. The Hall–Kier alpha value is -1.95. The molecule has 1 amide bonds. The van der Waals surface area contributed by atoms with E-state index in [0.717, 1.165) is 15.4 Å². The summed E-state index contributed by atoms with van der Waals surface area (Å²) in [6, 6.07) is 15.4. The summed E-state index contributed by atoms with van der Waals surface area (Å²) in [7, 11) is 2.01. The normalized spacial score (nSPS) is 13.6. The van der Waals surface area contributed by atoms with Gasteiger partial charge in [-0.1, -0.05) is 29.8 Å². The summed E-state index contributed by atoms with van der Waals surface area (Å²) in [5, 5.41) is 4.54. The third-order valence-corrected chi connectivity index (χ3v) is 5.42. The van der Waals surface area contributed by atoms with Crippen molar-refractivity contribution in [2.75, 3.05) is 18.9 Å². The average molecular weight is 361 g/mol. The van der Waals surface area contributed by atoms with E-state index in [-0.39, 0.29) is 11.9 Å². The van der Waals surface area contributed by atoms with Crippen LogP contribution >= 0.6 is 22.9 Å². The molecule has 0 fully saturated rings. The molecule has 24 heavy (non-hydrogen) atoms. The van der Waals surface area contributed by atoms with Gasteiger partial charge < -0.3 is 10.2 Å². The highest BCUT2D eigenvalue weighted by atomic mass is 35.5. The highest BCUT2D eigenvalue weighted by Gasteiger charge is 2.22. The predicted octanol–water partition coefficient (Wildman–Crippen LogP) is 3.16. The topological polar surface area (TPSA) is 46.4 Å². The lowest BCUT2D eigenvalue weighted by Gasteiger charge is -2.19. The Morgan fingerprint density at radius 1 is 1.29 bits per heavy atom. The van der Waals surface area contributed by atoms with E-state index in [2.05, 4.69) is 23.3 Å². The summed E-state index contributed by atoms with van der Waals surface area (Å²) in [5.41, 5.74) is 1.73. The van der Waals surface area contributed by atoms with Crippen LogP contribution in [-0.4, -0.2) is 24.5 Å². The van der Waals surface area contributed by atoms with E-state index >= 15 is 0 Å². The first-order valence-electron chi connectivity index (χ1n) is 7.76. The molecule has 0 aliphatic heterocycles. The van der Waals surface area contributed by atoms with Crippen LogP contribution in [0.1, 0.15) is 18.0 Å². The molecule has 2 N–H and O–H groups in total. The second-order valence-corrected chi connectivity index (χ2v) is 7.32. The molecular weight excluding hydrogens is 342 g/mol. The second-order valence-electron chi connectivity index (χ2n) is 5.82. The summed E-state index contributed by atoms with van der Waals surface area (Å²) < 4.78 is 1.18. The van der Waals surface area contributed by atoms with Gasteiger partial charge in [-0.2, -0.15) is 0 Å². The summed E-state index contributed by atoms with van der Waals surface area (Å²) in [4.78, 5) is 18.0. The van der Waals surface area contributed by atoms with Crippen molar-refractivity contribution in [3.05, 3.63) is 58.6 Å². The lowest BCUT2D eigenvalue weighted by Crippen LogP contribution is -3.10. The van der Waals surface area contributed by atoms with E-state index in [1.165, 1.54) is 4.70 Å². The predicted molar refractivity (Wildman–Crippen MR) is 99.9 cm³/mol. The maximum Gasteiger partial charge on any atom is 0.279 e. The molecular formula is C18H19ClN3OS+. The summed E-state index contributed by atoms with van der Waals surface area (Å²) in [6.07, 6.45) is 0. The molecule has 1 aromatic heterocycles. The van der Waals surface area contributed by atoms with Gasteiger partial charge in [0.1, 0.15) is 6.04 Å². The molecule has 1 unspecified atom stereocenters. The quantitative estimate of drug-likeness (QED) is 0.734. The number of nitrogens with zero attached hydrogens (tertiary/aromatic N) is 1. The van der Waals surface area contributed by atoms with Crippen LogP contribution in [0, 0.1) is 0 Å². The number of anilines is 1.